The fourth-order valence-corrected chi connectivity index (χ4v) is 3.26. The van der Waals surface area contributed by atoms with Gasteiger partial charge in [0.25, 0.3) is 5.91 Å². The van der Waals surface area contributed by atoms with E-state index in [0.717, 1.165) is 30.5 Å². The summed E-state index contributed by atoms with van der Waals surface area (Å²) >= 11 is 0. The molecule has 7 heteroatoms. The number of amides is 1. The van der Waals surface area contributed by atoms with Crippen molar-refractivity contribution in [2.45, 2.75) is 37.8 Å². The molecule has 1 aromatic rings. The highest BCUT2D eigenvalue weighted by Gasteiger charge is 2.30. The van der Waals surface area contributed by atoms with Crippen molar-refractivity contribution in [1.82, 2.24) is 10.3 Å². The average Bonchev–Trinajstić information content (AvgIpc) is 3.07. The van der Waals surface area contributed by atoms with E-state index >= 15 is 0 Å². The summed E-state index contributed by atoms with van der Waals surface area (Å²) in [7, 11) is 1.53. The van der Waals surface area contributed by atoms with E-state index in [1.165, 1.54) is 7.11 Å². The molecule has 1 fully saturated rings. The summed E-state index contributed by atoms with van der Waals surface area (Å²) in [6.45, 7) is 1.15. The molecule has 2 aliphatic rings. The van der Waals surface area contributed by atoms with Crippen LogP contribution in [-0.2, 0) is 22.3 Å². The van der Waals surface area contributed by atoms with Crippen LogP contribution in [0.2, 0.25) is 0 Å². The normalized spacial score (nSPS) is 22.9. The van der Waals surface area contributed by atoms with Gasteiger partial charge in [-0.1, -0.05) is 0 Å². The predicted molar refractivity (Wildman–Crippen MR) is 86.3 cm³/mol. The monoisotopic (exact) mass is 336 g/mol. The topological polar surface area (TPSA) is 89.9 Å². The van der Waals surface area contributed by atoms with E-state index in [0.29, 0.717) is 31.1 Å². The Bertz CT molecular complexity index is 593. The Morgan fingerprint density at radius 3 is 3.17 bits per heavy atom. The van der Waals surface area contributed by atoms with Gasteiger partial charge in [-0.2, -0.15) is 0 Å². The van der Waals surface area contributed by atoms with Gasteiger partial charge >= 0.3 is 0 Å². The van der Waals surface area contributed by atoms with E-state index < -0.39 is 0 Å². The highest BCUT2D eigenvalue weighted by molar-refractivity contribution is 5.96. The van der Waals surface area contributed by atoms with Crippen LogP contribution in [0.25, 0.3) is 0 Å². The molecule has 2 N–H and O–H groups in total. The summed E-state index contributed by atoms with van der Waals surface area (Å²) < 4.78 is 16.3. The zero-order valence-electron chi connectivity index (χ0n) is 13.9. The third kappa shape index (κ3) is 3.68. The molecule has 1 aliphatic heterocycles. The van der Waals surface area contributed by atoms with Gasteiger partial charge in [-0.3, -0.25) is 4.79 Å². The van der Waals surface area contributed by atoms with Crippen molar-refractivity contribution in [2.75, 3.05) is 33.5 Å². The Morgan fingerprint density at radius 1 is 1.50 bits per heavy atom. The molecule has 24 heavy (non-hydrogen) atoms. The highest BCUT2D eigenvalue weighted by atomic mass is 16.5. The molecule has 3 rings (SSSR count). The predicted octanol–water partition coefficient (Wildman–Crippen LogP) is 0.475. The molecular weight excluding hydrogens is 312 g/mol. The number of aryl methyl sites for hydroxylation is 2. The SMILES string of the molecule is COc1nc2c(cc1C(=O)N[C@@H]1CCOC[C@H]1OCCO)CCC2. The van der Waals surface area contributed by atoms with Gasteiger partial charge < -0.3 is 24.6 Å². The van der Waals surface area contributed by atoms with E-state index in [1.807, 2.05) is 6.07 Å². The average molecular weight is 336 g/mol. The van der Waals surface area contributed by atoms with Crippen LogP contribution in [-0.4, -0.2) is 61.7 Å². The van der Waals surface area contributed by atoms with E-state index in [9.17, 15) is 4.79 Å². The van der Waals surface area contributed by atoms with Crippen LogP contribution < -0.4 is 10.1 Å². The molecule has 0 aromatic carbocycles. The summed E-state index contributed by atoms with van der Waals surface area (Å²) in [5.74, 6) is 0.159. The van der Waals surface area contributed by atoms with Crippen LogP contribution in [0, 0.1) is 0 Å². The first-order chi connectivity index (χ1) is 11.7. The van der Waals surface area contributed by atoms with E-state index in [1.54, 1.807) is 0 Å². The third-order valence-corrected chi connectivity index (χ3v) is 4.50. The second-order valence-electron chi connectivity index (χ2n) is 6.08. The van der Waals surface area contributed by atoms with Crippen molar-refractivity contribution in [3.63, 3.8) is 0 Å². The summed E-state index contributed by atoms with van der Waals surface area (Å²) in [6.07, 6.45) is 3.36. The number of carbonyl (C=O) groups excluding carboxylic acids is 1. The number of fused-ring (bicyclic) bond motifs is 1. The quantitative estimate of drug-likeness (QED) is 0.785. The molecule has 0 spiro atoms. The Morgan fingerprint density at radius 2 is 2.38 bits per heavy atom. The molecule has 2 atom stereocenters. The lowest BCUT2D eigenvalue weighted by molar-refractivity contribution is -0.0737. The number of pyridine rings is 1. The zero-order chi connectivity index (χ0) is 16.9. The molecule has 132 valence electrons. The van der Waals surface area contributed by atoms with Crippen LogP contribution in [0.3, 0.4) is 0 Å². The molecule has 7 nitrogen and oxygen atoms in total. The van der Waals surface area contributed by atoms with Gasteiger partial charge in [0.05, 0.1) is 33.0 Å². The first kappa shape index (κ1) is 17.1. The van der Waals surface area contributed by atoms with Crippen LogP contribution in [0.5, 0.6) is 5.88 Å². The summed E-state index contributed by atoms with van der Waals surface area (Å²) in [6, 6.07) is 1.74. The van der Waals surface area contributed by atoms with Gasteiger partial charge in [0.1, 0.15) is 11.7 Å². The van der Waals surface area contributed by atoms with Gasteiger partial charge in [-0.25, -0.2) is 4.98 Å². The fraction of sp³-hybridized carbons (Fsp3) is 0.647. The first-order valence-electron chi connectivity index (χ1n) is 8.40. The molecular formula is C17H24N2O5. The van der Waals surface area contributed by atoms with Crippen molar-refractivity contribution in [3.8, 4) is 5.88 Å². The van der Waals surface area contributed by atoms with Gasteiger partial charge in [0, 0.05) is 12.3 Å². The van der Waals surface area contributed by atoms with Crippen LogP contribution in [0.1, 0.15) is 34.5 Å². The number of nitrogens with one attached hydrogen (secondary N) is 1. The van der Waals surface area contributed by atoms with Crippen molar-refractivity contribution in [2.24, 2.45) is 0 Å². The van der Waals surface area contributed by atoms with Crippen LogP contribution in [0.4, 0.5) is 0 Å². The summed E-state index contributed by atoms with van der Waals surface area (Å²) in [5, 5.41) is 11.9. The highest BCUT2D eigenvalue weighted by Crippen LogP contribution is 2.26. The molecule has 0 radical (unpaired) electrons. The number of aromatic nitrogens is 1. The van der Waals surface area contributed by atoms with E-state index in [2.05, 4.69) is 10.3 Å². The van der Waals surface area contributed by atoms with Gasteiger partial charge in [-0.15, -0.1) is 0 Å². The molecule has 1 saturated heterocycles. The van der Waals surface area contributed by atoms with Crippen molar-refractivity contribution >= 4 is 5.91 Å². The zero-order valence-corrected chi connectivity index (χ0v) is 13.9. The van der Waals surface area contributed by atoms with Gasteiger partial charge in [0.2, 0.25) is 5.88 Å². The Hall–Kier alpha value is -1.70. The van der Waals surface area contributed by atoms with E-state index in [4.69, 9.17) is 19.3 Å². The molecule has 1 amide bonds. The lowest BCUT2D eigenvalue weighted by atomic mass is 10.0. The number of ether oxygens (including phenoxy) is 3. The van der Waals surface area contributed by atoms with Crippen molar-refractivity contribution in [1.29, 1.82) is 0 Å². The van der Waals surface area contributed by atoms with Gasteiger partial charge in [-0.05, 0) is 37.3 Å². The fourth-order valence-electron chi connectivity index (χ4n) is 3.26. The van der Waals surface area contributed by atoms with E-state index in [-0.39, 0.29) is 31.3 Å². The molecule has 2 heterocycles. The Labute approximate surface area is 141 Å². The van der Waals surface area contributed by atoms with Crippen LogP contribution in [0.15, 0.2) is 6.07 Å². The second-order valence-corrected chi connectivity index (χ2v) is 6.08. The minimum atomic E-state index is -0.261. The van der Waals surface area contributed by atoms with Crippen LogP contribution >= 0.6 is 0 Å². The maximum Gasteiger partial charge on any atom is 0.257 e. The minimum Gasteiger partial charge on any atom is -0.480 e. The minimum absolute atomic E-state index is 0.0558. The number of nitrogens with zero attached hydrogens (tertiary/aromatic N) is 1. The molecule has 0 saturated carbocycles. The molecule has 1 aromatic heterocycles. The molecule has 0 unspecified atom stereocenters. The number of hydrogen-bond acceptors (Lipinski definition) is 6. The number of aliphatic hydroxyl groups is 1. The number of aliphatic hydroxyl groups excluding tert-OH is 1. The second kappa shape index (κ2) is 7.92. The maximum absolute atomic E-state index is 12.7. The Kier molecular flexibility index (Phi) is 5.65. The maximum atomic E-state index is 12.7. The molecule has 0 bridgehead atoms. The number of methoxy groups -OCH3 is 1. The Balaban J connectivity index is 1.74. The lowest BCUT2D eigenvalue weighted by Crippen LogP contribution is -2.50. The third-order valence-electron chi connectivity index (χ3n) is 4.50. The number of hydrogen-bond donors (Lipinski definition) is 2. The summed E-state index contributed by atoms with van der Waals surface area (Å²) in [4.78, 5) is 17.2. The molecule has 1 aliphatic carbocycles. The number of rotatable bonds is 6. The van der Waals surface area contributed by atoms with Gasteiger partial charge in [0.15, 0.2) is 0 Å². The smallest absolute Gasteiger partial charge is 0.257 e. The largest absolute Gasteiger partial charge is 0.480 e. The summed E-state index contributed by atoms with van der Waals surface area (Å²) in [5.41, 5.74) is 2.62. The van der Waals surface area contributed by atoms with Crippen molar-refractivity contribution < 1.29 is 24.1 Å². The lowest BCUT2D eigenvalue weighted by Gasteiger charge is -2.32. The number of carbonyl (C=O) groups is 1. The standard InChI is InChI=1S/C17H24N2O5/c1-22-17-12(9-11-3-2-4-13(11)19-17)16(21)18-14-5-7-23-10-15(14)24-8-6-20/h9,14-15,20H,2-8,10H2,1H3,(H,18,21)/t14-,15-/m1/s1. The first-order valence-corrected chi connectivity index (χ1v) is 8.40. The van der Waals surface area contributed by atoms with Crippen molar-refractivity contribution in [3.05, 3.63) is 22.9 Å².